The molecule has 94 valence electrons. The number of aliphatic hydroxyl groups is 1. The number of carbonyl (C=O) groups is 1. The molecular weight excluding hydrogens is 243 g/mol. The molecule has 0 aliphatic rings. The highest BCUT2D eigenvalue weighted by Gasteiger charge is 2.08. The minimum Gasteiger partial charge on any atom is -0.478 e. The van der Waals surface area contributed by atoms with Gasteiger partial charge in [-0.15, -0.1) is 0 Å². The van der Waals surface area contributed by atoms with E-state index in [9.17, 15) is 9.18 Å². The van der Waals surface area contributed by atoms with Gasteiger partial charge in [-0.25, -0.2) is 9.18 Å². The number of aliphatic hydroxyl groups excluding tert-OH is 1. The van der Waals surface area contributed by atoms with E-state index in [0.29, 0.717) is 11.3 Å². The number of benzene rings is 1. The molecule has 3 nitrogen and oxygen atoms in total. The summed E-state index contributed by atoms with van der Waals surface area (Å²) in [5.74, 6) is -0.209. The molecule has 0 spiro atoms. The zero-order chi connectivity index (χ0) is 12.8. The van der Waals surface area contributed by atoms with Crippen LogP contribution in [-0.4, -0.2) is 28.5 Å². The molecule has 17 heavy (non-hydrogen) atoms. The lowest BCUT2D eigenvalue weighted by Gasteiger charge is -2.08. The van der Waals surface area contributed by atoms with Crippen LogP contribution in [0.2, 0.25) is 0 Å². The lowest BCUT2D eigenvalue weighted by Crippen LogP contribution is -2.04. The van der Waals surface area contributed by atoms with Gasteiger partial charge in [-0.3, -0.25) is 0 Å². The van der Waals surface area contributed by atoms with Gasteiger partial charge in [0, 0.05) is 12.4 Å². The van der Waals surface area contributed by atoms with E-state index in [1.807, 2.05) is 6.92 Å². The Labute approximate surface area is 104 Å². The molecular formula is C12H15FO3S. The molecule has 0 bridgehead atoms. The van der Waals surface area contributed by atoms with E-state index in [0.717, 1.165) is 11.8 Å². The van der Waals surface area contributed by atoms with Crippen molar-refractivity contribution in [3.8, 4) is 0 Å². The van der Waals surface area contributed by atoms with Gasteiger partial charge in [-0.1, -0.05) is 13.0 Å². The maximum Gasteiger partial charge on any atom is 0.335 e. The number of carboxylic acid groups (broad SMARTS) is 1. The third-order valence-electron chi connectivity index (χ3n) is 2.27. The molecule has 0 amide bonds. The van der Waals surface area contributed by atoms with Crippen LogP contribution in [0, 0.1) is 11.7 Å². The first-order valence-corrected chi connectivity index (χ1v) is 6.40. The van der Waals surface area contributed by atoms with Crippen LogP contribution in [0.15, 0.2) is 18.2 Å². The monoisotopic (exact) mass is 258 g/mol. The Morgan fingerprint density at radius 1 is 1.53 bits per heavy atom. The van der Waals surface area contributed by atoms with Gasteiger partial charge in [-0.05, 0) is 29.4 Å². The van der Waals surface area contributed by atoms with E-state index in [-0.39, 0.29) is 18.1 Å². The van der Waals surface area contributed by atoms with E-state index in [1.54, 1.807) is 0 Å². The van der Waals surface area contributed by atoms with Crippen LogP contribution in [0.1, 0.15) is 22.8 Å². The van der Waals surface area contributed by atoms with E-state index < -0.39 is 11.8 Å². The third-order valence-corrected chi connectivity index (χ3v) is 3.59. The minimum absolute atomic E-state index is 0.0417. The normalized spacial score (nSPS) is 12.4. The number of halogens is 1. The highest BCUT2D eigenvalue weighted by molar-refractivity contribution is 7.98. The molecule has 0 radical (unpaired) electrons. The van der Waals surface area contributed by atoms with Crippen molar-refractivity contribution in [3.63, 3.8) is 0 Å². The van der Waals surface area contributed by atoms with E-state index >= 15 is 0 Å². The highest BCUT2D eigenvalue weighted by Crippen LogP contribution is 2.19. The summed E-state index contributed by atoms with van der Waals surface area (Å²) in [5, 5.41) is 17.5. The molecule has 0 saturated heterocycles. The maximum atomic E-state index is 13.5. The van der Waals surface area contributed by atoms with Crippen molar-refractivity contribution in [1.29, 1.82) is 0 Å². The van der Waals surface area contributed by atoms with Gasteiger partial charge in [0.15, 0.2) is 0 Å². The Balaban J connectivity index is 2.57. The molecule has 0 fully saturated rings. The molecule has 0 saturated carbocycles. The maximum absolute atomic E-state index is 13.5. The minimum atomic E-state index is -1.13. The fourth-order valence-corrected chi connectivity index (χ4v) is 2.30. The van der Waals surface area contributed by atoms with Crippen molar-refractivity contribution in [3.05, 3.63) is 35.1 Å². The van der Waals surface area contributed by atoms with Crippen LogP contribution in [0.4, 0.5) is 4.39 Å². The van der Waals surface area contributed by atoms with Gasteiger partial charge in [0.2, 0.25) is 0 Å². The van der Waals surface area contributed by atoms with Crippen molar-refractivity contribution >= 4 is 17.7 Å². The number of thioether (sulfide) groups is 1. The zero-order valence-electron chi connectivity index (χ0n) is 9.52. The number of hydrogen-bond donors (Lipinski definition) is 2. The van der Waals surface area contributed by atoms with Crippen LogP contribution in [-0.2, 0) is 5.75 Å². The first-order valence-electron chi connectivity index (χ1n) is 5.25. The molecule has 1 aromatic rings. The smallest absolute Gasteiger partial charge is 0.335 e. The largest absolute Gasteiger partial charge is 0.478 e. The Kier molecular flexibility index (Phi) is 5.44. The lowest BCUT2D eigenvalue weighted by molar-refractivity contribution is 0.0696. The van der Waals surface area contributed by atoms with Crippen LogP contribution in [0.25, 0.3) is 0 Å². The Morgan fingerprint density at radius 3 is 2.76 bits per heavy atom. The summed E-state index contributed by atoms with van der Waals surface area (Å²) in [7, 11) is 0. The van der Waals surface area contributed by atoms with Gasteiger partial charge in [0.1, 0.15) is 5.82 Å². The summed E-state index contributed by atoms with van der Waals surface area (Å²) < 4.78 is 13.5. The predicted octanol–water partition coefficient (Wildman–Crippen LogP) is 2.39. The molecule has 0 aliphatic carbocycles. The molecule has 1 aromatic carbocycles. The van der Waals surface area contributed by atoms with Crippen molar-refractivity contribution in [2.45, 2.75) is 12.7 Å². The second-order valence-electron chi connectivity index (χ2n) is 3.91. The van der Waals surface area contributed by atoms with Crippen LogP contribution >= 0.6 is 11.8 Å². The average Bonchev–Trinajstić information content (AvgIpc) is 2.30. The Bertz CT molecular complexity index is 395. The summed E-state index contributed by atoms with van der Waals surface area (Å²) >= 11 is 1.52. The zero-order valence-corrected chi connectivity index (χ0v) is 10.3. The van der Waals surface area contributed by atoms with E-state index in [1.165, 1.54) is 23.9 Å². The Morgan fingerprint density at radius 2 is 2.24 bits per heavy atom. The van der Waals surface area contributed by atoms with Gasteiger partial charge in [-0.2, -0.15) is 11.8 Å². The van der Waals surface area contributed by atoms with Crippen molar-refractivity contribution in [2.75, 3.05) is 12.4 Å². The molecule has 1 atom stereocenters. The van der Waals surface area contributed by atoms with Gasteiger partial charge in [0.25, 0.3) is 0 Å². The first-order chi connectivity index (χ1) is 8.04. The molecule has 2 N–H and O–H groups in total. The van der Waals surface area contributed by atoms with E-state index in [2.05, 4.69) is 0 Å². The standard InChI is InChI=1S/C12H15FO3S/c1-8(5-14)6-17-7-10-3-2-9(12(15)16)4-11(10)13/h2-4,8,14H,5-7H2,1H3,(H,15,16). The number of aromatic carboxylic acids is 1. The summed E-state index contributed by atoms with van der Waals surface area (Å²) in [5.41, 5.74) is 0.449. The average molecular weight is 258 g/mol. The number of carboxylic acids is 1. The molecule has 5 heteroatoms. The SMILES string of the molecule is CC(CO)CSCc1ccc(C(=O)O)cc1F. The van der Waals surface area contributed by atoms with E-state index in [4.69, 9.17) is 10.2 Å². The fraction of sp³-hybridized carbons (Fsp3) is 0.417. The third kappa shape index (κ3) is 4.36. The van der Waals surface area contributed by atoms with Gasteiger partial charge < -0.3 is 10.2 Å². The molecule has 1 rings (SSSR count). The number of rotatable bonds is 6. The second kappa shape index (κ2) is 6.61. The van der Waals surface area contributed by atoms with Crippen LogP contribution in [0.5, 0.6) is 0 Å². The summed E-state index contributed by atoms with van der Waals surface area (Å²) in [6, 6.07) is 3.93. The van der Waals surface area contributed by atoms with Gasteiger partial charge >= 0.3 is 5.97 Å². The molecule has 1 unspecified atom stereocenters. The quantitative estimate of drug-likeness (QED) is 0.822. The highest BCUT2D eigenvalue weighted by atomic mass is 32.2. The van der Waals surface area contributed by atoms with Crippen molar-refractivity contribution in [2.24, 2.45) is 5.92 Å². The summed E-state index contributed by atoms with van der Waals surface area (Å²) in [6.45, 7) is 2.03. The topological polar surface area (TPSA) is 57.5 Å². The molecule has 0 aliphatic heterocycles. The lowest BCUT2D eigenvalue weighted by atomic mass is 10.1. The van der Waals surface area contributed by atoms with Crippen molar-refractivity contribution < 1.29 is 19.4 Å². The van der Waals surface area contributed by atoms with Crippen LogP contribution in [0.3, 0.4) is 0 Å². The second-order valence-corrected chi connectivity index (χ2v) is 4.94. The number of hydrogen-bond acceptors (Lipinski definition) is 3. The summed E-state index contributed by atoms with van der Waals surface area (Å²) in [6.07, 6.45) is 0. The Hall–Kier alpha value is -1.07. The first kappa shape index (κ1) is 14.0. The molecule has 0 heterocycles. The molecule has 0 aromatic heterocycles. The summed E-state index contributed by atoms with van der Waals surface area (Å²) in [4.78, 5) is 10.6. The van der Waals surface area contributed by atoms with Gasteiger partial charge in [0.05, 0.1) is 5.56 Å². The fourth-order valence-electron chi connectivity index (χ4n) is 1.22. The van der Waals surface area contributed by atoms with Crippen LogP contribution < -0.4 is 0 Å². The predicted molar refractivity (Wildman–Crippen MR) is 65.8 cm³/mol. The van der Waals surface area contributed by atoms with Crippen molar-refractivity contribution in [1.82, 2.24) is 0 Å².